The SMILES string of the molecule is CCC(O)C(C)CC(C)C1CC(C)=CC1(C)C. The highest BCUT2D eigenvalue weighted by Gasteiger charge is 2.37. The summed E-state index contributed by atoms with van der Waals surface area (Å²) < 4.78 is 0. The molecule has 0 amide bonds. The van der Waals surface area contributed by atoms with Crippen molar-refractivity contribution in [3.63, 3.8) is 0 Å². The minimum absolute atomic E-state index is 0.129. The van der Waals surface area contributed by atoms with Gasteiger partial charge in [0.15, 0.2) is 0 Å². The van der Waals surface area contributed by atoms with Gasteiger partial charge in [-0.05, 0) is 49.4 Å². The third-order valence-electron chi connectivity index (χ3n) is 4.62. The van der Waals surface area contributed by atoms with Crippen molar-refractivity contribution < 1.29 is 5.11 Å². The van der Waals surface area contributed by atoms with Crippen molar-refractivity contribution in [3.8, 4) is 0 Å². The number of rotatable bonds is 5. The third kappa shape index (κ3) is 3.58. The molecule has 0 aromatic carbocycles. The van der Waals surface area contributed by atoms with Crippen LogP contribution in [0.15, 0.2) is 11.6 Å². The van der Waals surface area contributed by atoms with E-state index in [0.29, 0.717) is 17.3 Å². The van der Waals surface area contributed by atoms with E-state index in [0.717, 1.165) is 18.8 Å². The Bertz CT molecular complexity index is 277. The second-order valence-corrected chi connectivity index (χ2v) is 6.79. The second kappa shape index (κ2) is 5.56. The smallest absolute Gasteiger partial charge is 0.0563 e. The van der Waals surface area contributed by atoms with Gasteiger partial charge in [0.1, 0.15) is 0 Å². The molecular formula is C16H30O. The van der Waals surface area contributed by atoms with E-state index in [1.54, 1.807) is 0 Å². The summed E-state index contributed by atoms with van der Waals surface area (Å²) in [5.74, 6) is 1.86. The number of hydrogen-bond acceptors (Lipinski definition) is 1. The molecule has 0 fully saturated rings. The molecule has 17 heavy (non-hydrogen) atoms. The van der Waals surface area contributed by atoms with Crippen LogP contribution in [0.25, 0.3) is 0 Å². The summed E-state index contributed by atoms with van der Waals surface area (Å²) in [6.07, 6.45) is 5.57. The van der Waals surface area contributed by atoms with E-state index in [4.69, 9.17) is 0 Å². The molecule has 0 aromatic heterocycles. The van der Waals surface area contributed by atoms with Gasteiger partial charge in [0, 0.05) is 0 Å². The Morgan fingerprint density at radius 1 is 1.41 bits per heavy atom. The van der Waals surface area contributed by atoms with Gasteiger partial charge in [-0.15, -0.1) is 0 Å². The highest BCUT2D eigenvalue weighted by molar-refractivity contribution is 5.16. The zero-order valence-corrected chi connectivity index (χ0v) is 12.5. The molecule has 0 aliphatic heterocycles. The molecule has 0 heterocycles. The molecule has 0 spiro atoms. The van der Waals surface area contributed by atoms with Crippen LogP contribution in [0, 0.1) is 23.2 Å². The molecule has 1 rings (SSSR count). The van der Waals surface area contributed by atoms with E-state index >= 15 is 0 Å². The van der Waals surface area contributed by atoms with Gasteiger partial charge in [0.25, 0.3) is 0 Å². The average molecular weight is 238 g/mol. The van der Waals surface area contributed by atoms with E-state index in [2.05, 4.69) is 47.6 Å². The van der Waals surface area contributed by atoms with Crippen molar-refractivity contribution in [1.82, 2.24) is 0 Å². The molecule has 4 atom stereocenters. The normalized spacial score (nSPS) is 28.6. The van der Waals surface area contributed by atoms with Gasteiger partial charge in [-0.25, -0.2) is 0 Å². The van der Waals surface area contributed by atoms with Crippen LogP contribution in [-0.4, -0.2) is 11.2 Å². The van der Waals surface area contributed by atoms with Crippen molar-refractivity contribution in [2.75, 3.05) is 0 Å². The van der Waals surface area contributed by atoms with Gasteiger partial charge in [-0.2, -0.15) is 0 Å². The molecule has 0 saturated carbocycles. The van der Waals surface area contributed by atoms with Gasteiger partial charge in [-0.3, -0.25) is 0 Å². The van der Waals surface area contributed by atoms with E-state index in [1.165, 1.54) is 12.0 Å². The first-order chi connectivity index (χ1) is 7.77. The fourth-order valence-electron chi connectivity index (χ4n) is 3.66. The lowest BCUT2D eigenvalue weighted by Gasteiger charge is -2.34. The Balaban J connectivity index is 2.58. The maximum absolute atomic E-state index is 9.89. The van der Waals surface area contributed by atoms with Crippen LogP contribution in [0.4, 0.5) is 0 Å². The molecule has 1 aliphatic rings. The minimum Gasteiger partial charge on any atom is -0.393 e. The number of aliphatic hydroxyl groups excluding tert-OH is 1. The van der Waals surface area contributed by atoms with E-state index in [1.807, 2.05) is 0 Å². The van der Waals surface area contributed by atoms with Crippen LogP contribution in [0.5, 0.6) is 0 Å². The summed E-state index contributed by atoms with van der Waals surface area (Å²) in [7, 11) is 0. The molecule has 1 N–H and O–H groups in total. The molecule has 0 saturated heterocycles. The summed E-state index contributed by atoms with van der Waals surface area (Å²) in [5, 5.41) is 9.89. The molecule has 0 bridgehead atoms. The molecule has 100 valence electrons. The van der Waals surface area contributed by atoms with Gasteiger partial charge in [0.2, 0.25) is 0 Å². The molecule has 4 unspecified atom stereocenters. The fourth-order valence-corrected chi connectivity index (χ4v) is 3.66. The zero-order chi connectivity index (χ0) is 13.2. The van der Waals surface area contributed by atoms with Crippen molar-refractivity contribution in [2.24, 2.45) is 23.2 Å². The van der Waals surface area contributed by atoms with Gasteiger partial charge >= 0.3 is 0 Å². The summed E-state index contributed by atoms with van der Waals surface area (Å²) in [5.41, 5.74) is 1.87. The first kappa shape index (κ1) is 14.8. The summed E-state index contributed by atoms with van der Waals surface area (Å²) in [6, 6.07) is 0. The van der Waals surface area contributed by atoms with E-state index in [9.17, 15) is 5.11 Å². The van der Waals surface area contributed by atoms with Gasteiger partial charge in [-0.1, -0.05) is 46.3 Å². The molecule has 0 aromatic rings. The predicted molar refractivity (Wildman–Crippen MR) is 74.9 cm³/mol. The minimum atomic E-state index is -0.129. The monoisotopic (exact) mass is 238 g/mol. The lowest BCUT2D eigenvalue weighted by Crippen LogP contribution is -2.28. The summed E-state index contributed by atoms with van der Waals surface area (Å²) >= 11 is 0. The van der Waals surface area contributed by atoms with Crippen molar-refractivity contribution in [3.05, 3.63) is 11.6 Å². The molecule has 0 radical (unpaired) electrons. The Morgan fingerprint density at radius 3 is 2.41 bits per heavy atom. The molecule has 1 aliphatic carbocycles. The highest BCUT2D eigenvalue weighted by Crippen LogP contribution is 2.46. The average Bonchev–Trinajstić information content (AvgIpc) is 2.50. The van der Waals surface area contributed by atoms with Crippen LogP contribution in [0.1, 0.15) is 60.8 Å². The summed E-state index contributed by atoms with van der Waals surface area (Å²) in [6.45, 7) is 13.6. The lowest BCUT2D eigenvalue weighted by atomic mass is 9.72. The van der Waals surface area contributed by atoms with Crippen LogP contribution >= 0.6 is 0 Å². The zero-order valence-electron chi connectivity index (χ0n) is 12.5. The second-order valence-electron chi connectivity index (χ2n) is 6.79. The highest BCUT2D eigenvalue weighted by atomic mass is 16.3. The van der Waals surface area contributed by atoms with Crippen LogP contribution in [-0.2, 0) is 0 Å². The van der Waals surface area contributed by atoms with Gasteiger partial charge in [0.05, 0.1) is 6.10 Å². The lowest BCUT2D eigenvalue weighted by molar-refractivity contribution is 0.0833. The standard InChI is InChI=1S/C16H30O/c1-7-15(17)13(4)9-12(3)14-8-11(2)10-16(14,5)6/h10,12-15,17H,7-9H2,1-6H3. The topological polar surface area (TPSA) is 20.2 Å². The Morgan fingerprint density at radius 2 is 2.00 bits per heavy atom. The van der Waals surface area contributed by atoms with Crippen molar-refractivity contribution >= 4 is 0 Å². The largest absolute Gasteiger partial charge is 0.393 e. The van der Waals surface area contributed by atoms with Crippen LogP contribution < -0.4 is 0 Å². The fraction of sp³-hybridized carbons (Fsp3) is 0.875. The number of allylic oxidation sites excluding steroid dienone is 2. The first-order valence-electron chi connectivity index (χ1n) is 7.14. The molecule has 1 nitrogen and oxygen atoms in total. The van der Waals surface area contributed by atoms with Gasteiger partial charge < -0.3 is 5.11 Å². The quantitative estimate of drug-likeness (QED) is 0.703. The first-order valence-corrected chi connectivity index (χ1v) is 7.14. The Hall–Kier alpha value is -0.300. The van der Waals surface area contributed by atoms with Crippen LogP contribution in [0.3, 0.4) is 0 Å². The summed E-state index contributed by atoms with van der Waals surface area (Å²) in [4.78, 5) is 0. The Kier molecular flexibility index (Phi) is 4.83. The maximum Gasteiger partial charge on any atom is 0.0563 e. The predicted octanol–water partition coefficient (Wildman–Crippen LogP) is 4.41. The number of hydrogen-bond donors (Lipinski definition) is 1. The van der Waals surface area contributed by atoms with Crippen molar-refractivity contribution in [2.45, 2.75) is 66.9 Å². The molecule has 1 heteroatoms. The van der Waals surface area contributed by atoms with Crippen LogP contribution in [0.2, 0.25) is 0 Å². The van der Waals surface area contributed by atoms with E-state index < -0.39 is 0 Å². The number of aliphatic hydroxyl groups is 1. The van der Waals surface area contributed by atoms with E-state index in [-0.39, 0.29) is 6.10 Å². The van der Waals surface area contributed by atoms with Crippen molar-refractivity contribution in [1.29, 1.82) is 0 Å². The Labute approximate surface area is 107 Å². The third-order valence-corrected chi connectivity index (χ3v) is 4.62. The maximum atomic E-state index is 9.89. The molecular weight excluding hydrogens is 208 g/mol.